The maximum Gasteiger partial charge on any atom is 0.123 e. The number of benzene rings is 2. The van der Waals surface area contributed by atoms with Crippen molar-refractivity contribution in [3.05, 3.63) is 63.9 Å². The smallest absolute Gasteiger partial charge is 0.123 e. The van der Waals surface area contributed by atoms with Crippen LogP contribution in [-0.2, 0) is 6.42 Å². The van der Waals surface area contributed by atoms with Crippen LogP contribution in [0.5, 0.6) is 0 Å². The second-order valence-corrected chi connectivity index (χ2v) is 5.08. The van der Waals surface area contributed by atoms with Gasteiger partial charge < -0.3 is 5.32 Å². The second-order valence-electron chi connectivity index (χ2n) is 4.67. The lowest BCUT2D eigenvalue weighted by molar-refractivity contribution is 0.626. The van der Waals surface area contributed by atoms with Crippen molar-refractivity contribution >= 4 is 17.3 Å². The monoisotopic (exact) mass is 261 g/mol. The van der Waals surface area contributed by atoms with Crippen molar-refractivity contribution in [1.82, 2.24) is 0 Å². The lowest BCUT2D eigenvalue weighted by Gasteiger charge is -2.12. The molecule has 1 unspecified atom stereocenters. The molecule has 0 fully saturated rings. The Balaban J connectivity index is 1.95. The van der Waals surface area contributed by atoms with Gasteiger partial charge in [-0.15, -0.1) is 0 Å². The van der Waals surface area contributed by atoms with Gasteiger partial charge in [0.05, 0.1) is 6.04 Å². The first kappa shape index (κ1) is 11.5. The Bertz CT molecular complexity index is 561. The Labute approximate surface area is 111 Å². The zero-order valence-electron chi connectivity index (χ0n) is 10.0. The van der Waals surface area contributed by atoms with E-state index in [1.54, 1.807) is 0 Å². The highest BCUT2D eigenvalue weighted by molar-refractivity contribution is 6.31. The summed E-state index contributed by atoms with van der Waals surface area (Å²) in [6, 6.07) is 10.8. The van der Waals surface area contributed by atoms with Gasteiger partial charge in [0, 0.05) is 17.1 Å². The number of rotatable bonds is 1. The summed E-state index contributed by atoms with van der Waals surface area (Å²) in [5.74, 6) is -0.205. The van der Waals surface area contributed by atoms with Crippen LogP contribution < -0.4 is 5.32 Å². The molecule has 2 aromatic rings. The van der Waals surface area contributed by atoms with Crippen LogP contribution in [0.3, 0.4) is 0 Å². The number of fused-ring (bicyclic) bond motifs is 1. The highest BCUT2D eigenvalue weighted by Crippen LogP contribution is 2.40. The van der Waals surface area contributed by atoms with E-state index in [1.165, 1.54) is 17.7 Å². The van der Waals surface area contributed by atoms with Gasteiger partial charge in [0.25, 0.3) is 0 Å². The average Bonchev–Trinajstić information content (AvgIpc) is 2.81. The molecule has 1 aliphatic heterocycles. The fourth-order valence-corrected chi connectivity index (χ4v) is 2.70. The summed E-state index contributed by atoms with van der Waals surface area (Å²) in [7, 11) is 0. The first-order valence-corrected chi connectivity index (χ1v) is 6.33. The first-order valence-electron chi connectivity index (χ1n) is 5.95. The van der Waals surface area contributed by atoms with Crippen molar-refractivity contribution in [2.24, 2.45) is 0 Å². The molecule has 0 saturated carbocycles. The summed E-state index contributed by atoms with van der Waals surface area (Å²) in [6.45, 7) is 2.06. The molecule has 0 amide bonds. The number of nitrogens with one attached hydrogen (secondary N) is 1. The Kier molecular flexibility index (Phi) is 2.75. The number of anilines is 1. The van der Waals surface area contributed by atoms with Gasteiger partial charge >= 0.3 is 0 Å². The number of halogens is 2. The summed E-state index contributed by atoms with van der Waals surface area (Å²) < 4.78 is 12.9. The summed E-state index contributed by atoms with van der Waals surface area (Å²) >= 11 is 6.22. The zero-order valence-corrected chi connectivity index (χ0v) is 10.8. The molecule has 0 aromatic heterocycles. The highest BCUT2D eigenvalue weighted by atomic mass is 35.5. The summed E-state index contributed by atoms with van der Waals surface area (Å²) in [5.41, 5.74) is 4.56. The predicted octanol–water partition coefficient (Wildman–Crippen LogP) is 4.50. The van der Waals surface area contributed by atoms with Gasteiger partial charge in [0.1, 0.15) is 5.82 Å². The predicted molar refractivity (Wildman–Crippen MR) is 72.7 cm³/mol. The van der Waals surface area contributed by atoms with Gasteiger partial charge in [-0.25, -0.2) is 4.39 Å². The van der Waals surface area contributed by atoms with E-state index in [4.69, 9.17) is 11.6 Å². The third-order valence-corrected chi connectivity index (χ3v) is 3.82. The fraction of sp³-hybridized carbons (Fsp3) is 0.200. The standard InChI is InChI=1S/C15H13ClFN/c1-9-2-7-13(16)12-8-14(18-15(9)12)10-3-5-11(17)6-4-10/h2-7,14,18H,8H2,1H3. The molecule has 0 radical (unpaired) electrons. The van der Waals surface area contributed by atoms with Gasteiger partial charge in [0.15, 0.2) is 0 Å². The third-order valence-electron chi connectivity index (χ3n) is 3.46. The van der Waals surface area contributed by atoms with Crippen LogP contribution in [0.2, 0.25) is 5.02 Å². The molecule has 0 aliphatic carbocycles. The first-order chi connectivity index (χ1) is 8.65. The minimum absolute atomic E-state index is 0.180. The maximum absolute atomic E-state index is 12.9. The molecule has 1 heterocycles. The van der Waals surface area contributed by atoms with Crippen LogP contribution >= 0.6 is 11.6 Å². The molecule has 18 heavy (non-hydrogen) atoms. The second kappa shape index (κ2) is 4.29. The van der Waals surface area contributed by atoms with Crippen molar-refractivity contribution in [2.45, 2.75) is 19.4 Å². The van der Waals surface area contributed by atoms with Crippen LogP contribution in [0.25, 0.3) is 0 Å². The van der Waals surface area contributed by atoms with Crippen LogP contribution in [-0.4, -0.2) is 0 Å². The number of aryl methyl sites for hydroxylation is 1. The molecule has 1 atom stereocenters. The normalized spacial score (nSPS) is 17.4. The Hall–Kier alpha value is -1.54. The molecule has 1 aliphatic rings. The van der Waals surface area contributed by atoms with Gasteiger partial charge in [0.2, 0.25) is 0 Å². The van der Waals surface area contributed by atoms with Crippen molar-refractivity contribution in [1.29, 1.82) is 0 Å². The maximum atomic E-state index is 12.9. The van der Waals surface area contributed by atoms with Gasteiger partial charge in [-0.2, -0.15) is 0 Å². The minimum atomic E-state index is -0.205. The average molecular weight is 262 g/mol. The summed E-state index contributed by atoms with van der Waals surface area (Å²) in [5, 5.41) is 4.27. The van der Waals surface area contributed by atoms with E-state index in [1.807, 2.05) is 24.3 Å². The Morgan fingerprint density at radius 2 is 1.89 bits per heavy atom. The van der Waals surface area contributed by atoms with Gasteiger partial charge in [-0.05, 0) is 41.8 Å². The van der Waals surface area contributed by atoms with E-state index in [0.29, 0.717) is 0 Å². The van der Waals surface area contributed by atoms with E-state index < -0.39 is 0 Å². The topological polar surface area (TPSA) is 12.0 Å². The van der Waals surface area contributed by atoms with Crippen molar-refractivity contribution in [3.8, 4) is 0 Å². The number of hydrogen-bond acceptors (Lipinski definition) is 1. The molecule has 2 aromatic carbocycles. The third kappa shape index (κ3) is 1.87. The van der Waals surface area contributed by atoms with E-state index >= 15 is 0 Å². The lowest BCUT2D eigenvalue weighted by atomic mass is 10.0. The van der Waals surface area contributed by atoms with Crippen molar-refractivity contribution in [2.75, 3.05) is 5.32 Å². The molecule has 1 N–H and O–H groups in total. The van der Waals surface area contributed by atoms with Crippen LogP contribution in [0, 0.1) is 12.7 Å². The Morgan fingerprint density at radius 1 is 1.17 bits per heavy atom. The van der Waals surface area contributed by atoms with E-state index in [9.17, 15) is 4.39 Å². The Morgan fingerprint density at radius 3 is 2.56 bits per heavy atom. The molecule has 3 rings (SSSR count). The molecule has 0 spiro atoms. The van der Waals surface area contributed by atoms with Crippen LogP contribution in [0.4, 0.5) is 10.1 Å². The molecule has 0 saturated heterocycles. The van der Waals surface area contributed by atoms with Crippen LogP contribution in [0.1, 0.15) is 22.7 Å². The fourth-order valence-electron chi connectivity index (χ4n) is 2.47. The molecule has 1 nitrogen and oxygen atoms in total. The quantitative estimate of drug-likeness (QED) is 0.797. The van der Waals surface area contributed by atoms with E-state index in [0.717, 1.165) is 28.3 Å². The van der Waals surface area contributed by atoms with Crippen molar-refractivity contribution in [3.63, 3.8) is 0 Å². The largest absolute Gasteiger partial charge is 0.377 e. The molecule has 3 heteroatoms. The van der Waals surface area contributed by atoms with Crippen LogP contribution in [0.15, 0.2) is 36.4 Å². The highest BCUT2D eigenvalue weighted by Gasteiger charge is 2.25. The SMILES string of the molecule is Cc1ccc(Cl)c2c1NC(c1ccc(F)cc1)C2. The van der Waals surface area contributed by atoms with Crippen molar-refractivity contribution < 1.29 is 4.39 Å². The number of hydrogen-bond donors (Lipinski definition) is 1. The summed E-state index contributed by atoms with van der Waals surface area (Å²) in [4.78, 5) is 0. The minimum Gasteiger partial charge on any atom is -0.377 e. The van der Waals surface area contributed by atoms with E-state index in [-0.39, 0.29) is 11.9 Å². The van der Waals surface area contributed by atoms with Gasteiger partial charge in [-0.3, -0.25) is 0 Å². The lowest BCUT2D eigenvalue weighted by Crippen LogP contribution is -2.05. The summed E-state index contributed by atoms with van der Waals surface area (Å²) in [6.07, 6.45) is 0.849. The zero-order chi connectivity index (χ0) is 12.7. The van der Waals surface area contributed by atoms with Gasteiger partial charge in [-0.1, -0.05) is 29.8 Å². The molecule has 0 bridgehead atoms. The molecular weight excluding hydrogens is 249 g/mol. The molecule has 92 valence electrons. The molecular formula is C15H13ClFN. The van der Waals surface area contributed by atoms with E-state index in [2.05, 4.69) is 12.2 Å².